The molecule has 0 bridgehead atoms. The molecule has 0 fully saturated rings. The Bertz CT molecular complexity index is 662. The number of carbonyl (C=O) groups excluding carboxylic acids is 2. The summed E-state index contributed by atoms with van der Waals surface area (Å²) in [5.41, 5.74) is 2.64. The van der Waals surface area contributed by atoms with Gasteiger partial charge in [0.2, 0.25) is 5.91 Å². The van der Waals surface area contributed by atoms with Gasteiger partial charge in [-0.2, -0.15) is 0 Å². The number of thiazole rings is 1. The fourth-order valence-corrected chi connectivity index (χ4v) is 2.66. The summed E-state index contributed by atoms with van der Waals surface area (Å²) in [7, 11) is 3.98. The van der Waals surface area contributed by atoms with Crippen molar-refractivity contribution in [1.82, 2.24) is 4.98 Å². The second-order valence-electron chi connectivity index (χ2n) is 5.20. The third-order valence-electron chi connectivity index (χ3n) is 3.20. The van der Waals surface area contributed by atoms with Crippen LogP contribution in [-0.4, -0.2) is 30.8 Å². The number of aryl methyl sites for hydroxylation is 1. The molecule has 2 rings (SSSR count). The molecule has 0 aliphatic rings. The van der Waals surface area contributed by atoms with E-state index in [-0.39, 0.29) is 11.7 Å². The van der Waals surface area contributed by atoms with Crippen molar-refractivity contribution in [2.24, 2.45) is 0 Å². The minimum Gasteiger partial charge on any atom is -0.378 e. The van der Waals surface area contributed by atoms with E-state index in [9.17, 15) is 9.59 Å². The Morgan fingerprint density at radius 1 is 1.23 bits per heavy atom. The summed E-state index contributed by atoms with van der Waals surface area (Å²) in [4.78, 5) is 29.2. The van der Waals surface area contributed by atoms with Crippen molar-refractivity contribution in [1.29, 1.82) is 0 Å². The van der Waals surface area contributed by atoms with E-state index in [1.165, 1.54) is 18.3 Å². The molecule has 0 saturated heterocycles. The highest BCUT2D eigenvalue weighted by molar-refractivity contribution is 7.14. The van der Waals surface area contributed by atoms with E-state index >= 15 is 0 Å². The Morgan fingerprint density at radius 2 is 1.91 bits per heavy atom. The van der Waals surface area contributed by atoms with Crippen LogP contribution < -0.4 is 10.2 Å². The molecule has 0 aliphatic carbocycles. The number of aromatic nitrogens is 1. The van der Waals surface area contributed by atoms with Crippen LogP contribution in [-0.2, 0) is 11.2 Å². The SMILES string of the molecule is CC(=O)c1csc(NC(=O)CCc2ccc(N(C)C)cc2)n1. The molecule has 1 N–H and O–H groups in total. The minimum absolute atomic E-state index is 0.0962. The quantitative estimate of drug-likeness (QED) is 0.832. The van der Waals surface area contributed by atoms with E-state index in [1.807, 2.05) is 43.3 Å². The summed E-state index contributed by atoms with van der Waals surface area (Å²) in [6, 6.07) is 8.13. The number of rotatable bonds is 6. The summed E-state index contributed by atoms with van der Waals surface area (Å²) in [6.45, 7) is 1.46. The number of hydrogen-bond donors (Lipinski definition) is 1. The molecule has 6 heteroatoms. The van der Waals surface area contributed by atoms with Crippen LogP contribution in [0.4, 0.5) is 10.8 Å². The lowest BCUT2D eigenvalue weighted by Crippen LogP contribution is -2.12. The van der Waals surface area contributed by atoms with Gasteiger partial charge in [0.25, 0.3) is 0 Å². The summed E-state index contributed by atoms with van der Waals surface area (Å²) in [5, 5.41) is 4.85. The topological polar surface area (TPSA) is 62.3 Å². The maximum absolute atomic E-state index is 11.9. The Labute approximate surface area is 134 Å². The van der Waals surface area contributed by atoms with Gasteiger partial charge in [-0.3, -0.25) is 9.59 Å². The molecule has 1 heterocycles. The van der Waals surface area contributed by atoms with Gasteiger partial charge in [0, 0.05) is 38.5 Å². The smallest absolute Gasteiger partial charge is 0.226 e. The van der Waals surface area contributed by atoms with Gasteiger partial charge in [0.15, 0.2) is 10.9 Å². The van der Waals surface area contributed by atoms with E-state index in [2.05, 4.69) is 10.3 Å². The van der Waals surface area contributed by atoms with Gasteiger partial charge < -0.3 is 10.2 Å². The minimum atomic E-state index is -0.0993. The third-order valence-corrected chi connectivity index (χ3v) is 3.96. The number of benzene rings is 1. The first-order valence-electron chi connectivity index (χ1n) is 6.98. The van der Waals surface area contributed by atoms with Crippen molar-refractivity contribution >= 4 is 33.8 Å². The molecular weight excluding hydrogens is 298 g/mol. The van der Waals surface area contributed by atoms with Crippen LogP contribution in [0.3, 0.4) is 0 Å². The average Bonchev–Trinajstić information content (AvgIpc) is 2.94. The van der Waals surface area contributed by atoms with Crippen molar-refractivity contribution in [3.8, 4) is 0 Å². The highest BCUT2D eigenvalue weighted by atomic mass is 32.1. The number of ketones is 1. The highest BCUT2D eigenvalue weighted by Crippen LogP contribution is 2.17. The molecule has 0 unspecified atom stereocenters. The molecule has 2 aromatic rings. The van der Waals surface area contributed by atoms with Crippen molar-refractivity contribution in [2.45, 2.75) is 19.8 Å². The predicted molar refractivity (Wildman–Crippen MR) is 89.8 cm³/mol. The van der Waals surface area contributed by atoms with Gasteiger partial charge in [0.05, 0.1) is 0 Å². The van der Waals surface area contributed by atoms with Gasteiger partial charge in [-0.25, -0.2) is 4.98 Å². The Balaban J connectivity index is 1.85. The molecular formula is C16H19N3O2S. The number of Topliss-reactive ketones (excluding diaryl/α,β-unsaturated/α-hetero) is 1. The lowest BCUT2D eigenvalue weighted by molar-refractivity contribution is -0.116. The van der Waals surface area contributed by atoms with Crippen molar-refractivity contribution < 1.29 is 9.59 Å². The lowest BCUT2D eigenvalue weighted by Gasteiger charge is -2.12. The molecule has 1 aromatic carbocycles. The fraction of sp³-hybridized carbons (Fsp3) is 0.312. The second-order valence-corrected chi connectivity index (χ2v) is 6.06. The normalized spacial score (nSPS) is 10.3. The maximum atomic E-state index is 11.9. The number of anilines is 2. The van der Waals surface area contributed by atoms with Crippen LogP contribution in [0.1, 0.15) is 29.4 Å². The zero-order chi connectivity index (χ0) is 16.1. The van der Waals surface area contributed by atoms with Crippen LogP contribution >= 0.6 is 11.3 Å². The largest absolute Gasteiger partial charge is 0.378 e. The van der Waals surface area contributed by atoms with Gasteiger partial charge in [0.1, 0.15) is 5.69 Å². The standard InChI is InChI=1S/C16H19N3O2S/c1-11(20)14-10-22-16(17-14)18-15(21)9-6-12-4-7-13(8-5-12)19(2)3/h4-5,7-8,10H,6,9H2,1-3H3,(H,17,18,21). The van der Waals surface area contributed by atoms with E-state index < -0.39 is 0 Å². The molecule has 0 spiro atoms. The number of hydrogen-bond acceptors (Lipinski definition) is 5. The van der Waals surface area contributed by atoms with E-state index in [0.717, 1.165) is 11.3 Å². The zero-order valence-electron chi connectivity index (χ0n) is 12.9. The number of carbonyl (C=O) groups is 2. The summed E-state index contributed by atoms with van der Waals surface area (Å²) >= 11 is 1.26. The molecule has 0 saturated carbocycles. The third kappa shape index (κ3) is 4.39. The Kier molecular flexibility index (Phi) is 5.27. The van der Waals surface area contributed by atoms with Crippen molar-refractivity contribution in [3.05, 3.63) is 40.9 Å². The summed E-state index contributed by atoms with van der Waals surface area (Å²) < 4.78 is 0. The molecule has 22 heavy (non-hydrogen) atoms. The molecule has 0 atom stereocenters. The van der Waals surface area contributed by atoms with Gasteiger partial charge >= 0.3 is 0 Å². The van der Waals surface area contributed by atoms with E-state index in [4.69, 9.17) is 0 Å². The summed E-state index contributed by atoms with van der Waals surface area (Å²) in [5.74, 6) is -0.195. The van der Waals surface area contributed by atoms with Crippen molar-refractivity contribution in [2.75, 3.05) is 24.3 Å². The van der Waals surface area contributed by atoms with Crippen LogP contribution in [0.25, 0.3) is 0 Å². The average molecular weight is 317 g/mol. The predicted octanol–water partition coefficient (Wildman–Crippen LogP) is 2.98. The Morgan fingerprint density at radius 3 is 2.45 bits per heavy atom. The van der Waals surface area contributed by atoms with Crippen LogP contribution in [0.2, 0.25) is 0 Å². The van der Waals surface area contributed by atoms with Crippen LogP contribution in [0.5, 0.6) is 0 Å². The van der Waals surface area contributed by atoms with E-state index in [1.54, 1.807) is 5.38 Å². The highest BCUT2D eigenvalue weighted by Gasteiger charge is 2.09. The van der Waals surface area contributed by atoms with Crippen molar-refractivity contribution in [3.63, 3.8) is 0 Å². The Hall–Kier alpha value is -2.21. The molecule has 0 radical (unpaired) electrons. The first kappa shape index (κ1) is 16.2. The number of nitrogens with zero attached hydrogens (tertiary/aromatic N) is 2. The van der Waals surface area contributed by atoms with Gasteiger partial charge in [-0.15, -0.1) is 11.3 Å². The first-order chi connectivity index (χ1) is 10.5. The van der Waals surface area contributed by atoms with Crippen LogP contribution in [0.15, 0.2) is 29.6 Å². The monoisotopic (exact) mass is 317 g/mol. The van der Waals surface area contributed by atoms with E-state index in [0.29, 0.717) is 23.7 Å². The molecule has 0 aliphatic heterocycles. The van der Waals surface area contributed by atoms with Crippen LogP contribution in [0, 0.1) is 0 Å². The molecule has 1 amide bonds. The second kappa shape index (κ2) is 7.17. The fourth-order valence-electron chi connectivity index (χ4n) is 1.89. The summed E-state index contributed by atoms with van der Waals surface area (Å²) in [6.07, 6.45) is 1.06. The number of amides is 1. The van der Waals surface area contributed by atoms with Gasteiger partial charge in [-0.05, 0) is 24.1 Å². The molecule has 1 aromatic heterocycles. The molecule has 116 valence electrons. The first-order valence-corrected chi connectivity index (χ1v) is 7.86. The molecule has 5 nitrogen and oxygen atoms in total. The number of nitrogens with one attached hydrogen (secondary N) is 1. The maximum Gasteiger partial charge on any atom is 0.226 e. The lowest BCUT2D eigenvalue weighted by atomic mass is 10.1. The van der Waals surface area contributed by atoms with Gasteiger partial charge in [-0.1, -0.05) is 12.1 Å². The zero-order valence-corrected chi connectivity index (χ0v) is 13.7.